The van der Waals surface area contributed by atoms with Crippen molar-refractivity contribution in [2.24, 2.45) is 0 Å². The van der Waals surface area contributed by atoms with E-state index in [9.17, 15) is 9.59 Å². The number of rotatable bonds is 3. The Morgan fingerprint density at radius 3 is 2.42 bits per heavy atom. The summed E-state index contributed by atoms with van der Waals surface area (Å²) in [5.41, 5.74) is 5.72. The summed E-state index contributed by atoms with van der Waals surface area (Å²) in [6, 6.07) is 21.0. The van der Waals surface area contributed by atoms with Crippen molar-refractivity contribution in [2.75, 3.05) is 5.32 Å². The summed E-state index contributed by atoms with van der Waals surface area (Å²) < 4.78 is 0. The molecule has 1 heterocycles. The minimum Gasteiger partial charge on any atom is -0.348 e. The first-order valence-corrected chi connectivity index (χ1v) is 8.51. The van der Waals surface area contributed by atoms with Gasteiger partial charge in [-0.05, 0) is 41.8 Å². The molecule has 1 aliphatic heterocycles. The molecule has 3 aromatic carbocycles. The molecule has 0 saturated heterocycles. The van der Waals surface area contributed by atoms with Gasteiger partial charge >= 0.3 is 0 Å². The van der Waals surface area contributed by atoms with E-state index < -0.39 is 0 Å². The largest absolute Gasteiger partial charge is 0.348 e. The molecule has 4 nitrogen and oxygen atoms in total. The minimum atomic E-state index is -0.223. The van der Waals surface area contributed by atoms with Gasteiger partial charge in [-0.1, -0.05) is 54.1 Å². The van der Waals surface area contributed by atoms with Crippen LogP contribution in [0.1, 0.15) is 31.8 Å². The van der Waals surface area contributed by atoms with Gasteiger partial charge < -0.3 is 10.6 Å². The Kier molecular flexibility index (Phi) is 4.01. The fraction of sp³-hybridized carbons (Fsp3) is 0.0909. The molecule has 0 atom stereocenters. The maximum Gasteiger partial charge on any atom is 0.255 e. The van der Waals surface area contributed by atoms with Gasteiger partial charge in [-0.15, -0.1) is 0 Å². The molecule has 2 N–H and O–H groups in total. The maximum atomic E-state index is 12.5. The second-order valence-corrected chi connectivity index (χ2v) is 6.38. The molecule has 4 heteroatoms. The summed E-state index contributed by atoms with van der Waals surface area (Å²) in [4.78, 5) is 24.9. The third-order valence-electron chi connectivity index (χ3n) is 4.61. The van der Waals surface area contributed by atoms with E-state index in [4.69, 9.17) is 0 Å². The lowest BCUT2D eigenvalue weighted by Crippen LogP contribution is -2.17. The van der Waals surface area contributed by atoms with E-state index in [0.29, 0.717) is 23.4 Å². The molecule has 3 aromatic rings. The van der Waals surface area contributed by atoms with Crippen molar-refractivity contribution in [3.8, 4) is 11.1 Å². The summed E-state index contributed by atoms with van der Waals surface area (Å²) in [6.07, 6.45) is 0. The van der Waals surface area contributed by atoms with Crippen LogP contribution in [0.3, 0.4) is 0 Å². The maximum absolute atomic E-state index is 12.5. The second kappa shape index (κ2) is 6.48. The molecular formula is C22H18N2O2. The van der Waals surface area contributed by atoms with Crippen LogP contribution in [-0.2, 0) is 6.54 Å². The number of carbonyl (C=O) groups excluding carboxylic acids is 2. The van der Waals surface area contributed by atoms with Gasteiger partial charge in [-0.2, -0.15) is 0 Å². The molecule has 0 radical (unpaired) electrons. The highest BCUT2D eigenvalue weighted by Gasteiger charge is 2.26. The average Bonchev–Trinajstić information content (AvgIpc) is 3.05. The van der Waals surface area contributed by atoms with Crippen LogP contribution >= 0.6 is 0 Å². The number of benzene rings is 3. The van der Waals surface area contributed by atoms with Crippen molar-refractivity contribution in [2.45, 2.75) is 13.5 Å². The number of hydrogen-bond donors (Lipinski definition) is 2. The van der Waals surface area contributed by atoms with Crippen molar-refractivity contribution in [3.05, 3.63) is 89.0 Å². The van der Waals surface area contributed by atoms with Crippen LogP contribution in [0.2, 0.25) is 0 Å². The Hall–Kier alpha value is -3.40. The summed E-state index contributed by atoms with van der Waals surface area (Å²) in [5, 5.41) is 5.75. The highest BCUT2D eigenvalue weighted by atomic mass is 16.2. The third-order valence-corrected chi connectivity index (χ3v) is 4.61. The fourth-order valence-corrected chi connectivity index (χ4v) is 3.24. The molecule has 0 aromatic heterocycles. The van der Waals surface area contributed by atoms with E-state index >= 15 is 0 Å². The van der Waals surface area contributed by atoms with Gasteiger partial charge in [0, 0.05) is 12.1 Å². The van der Waals surface area contributed by atoms with Gasteiger partial charge in [0.25, 0.3) is 11.8 Å². The molecule has 4 rings (SSSR count). The number of fused-ring (bicyclic) bond motifs is 1. The number of anilines is 1. The van der Waals surface area contributed by atoms with E-state index in [1.807, 2.05) is 55.5 Å². The van der Waals surface area contributed by atoms with Gasteiger partial charge in [0.15, 0.2) is 0 Å². The van der Waals surface area contributed by atoms with Crippen LogP contribution in [-0.4, -0.2) is 11.8 Å². The first kappa shape index (κ1) is 16.1. The zero-order chi connectivity index (χ0) is 18.1. The highest BCUT2D eigenvalue weighted by Crippen LogP contribution is 2.34. The fourth-order valence-electron chi connectivity index (χ4n) is 3.24. The lowest BCUT2D eigenvalue weighted by molar-refractivity contribution is 0.0966. The van der Waals surface area contributed by atoms with Gasteiger partial charge in [-0.25, -0.2) is 0 Å². The summed E-state index contributed by atoms with van der Waals surface area (Å²) in [5.74, 6) is -0.378. The number of carbonyl (C=O) groups is 2. The average molecular weight is 342 g/mol. The predicted octanol–water partition coefficient (Wildman–Crippen LogP) is 4.16. The SMILES string of the molecule is Cc1ccc(C(=O)Nc2ccc(-c3ccccc3)c3c2C(=O)NC3)cc1. The Balaban J connectivity index is 1.72. The van der Waals surface area contributed by atoms with Crippen molar-refractivity contribution < 1.29 is 9.59 Å². The van der Waals surface area contributed by atoms with Gasteiger partial charge in [0.1, 0.15) is 0 Å². The molecule has 1 aliphatic rings. The highest BCUT2D eigenvalue weighted by molar-refractivity contribution is 6.11. The molecule has 26 heavy (non-hydrogen) atoms. The first-order chi connectivity index (χ1) is 12.6. The zero-order valence-corrected chi connectivity index (χ0v) is 14.4. The van der Waals surface area contributed by atoms with Crippen LogP contribution in [0.4, 0.5) is 5.69 Å². The standard InChI is InChI=1S/C22H18N2O2/c1-14-7-9-16(10-8-14)21(25)24-19-12-11-17(15-5-3-2-4-6-15)18-13-23-22(26)20(18)19/h2-12H,13H2,1H3,(H,23,26)(H,24,25). The molecule has 2 amide bonds. The Morgan fingerprint density at radius 1 is 0.962 bits per heavy atom. The normalized spacial score (nSPS) is 12.4. The minimum absolute atomic E-state index is 0.156. The van der Waals surface area contributed by atoms with Crippen molar-refractivity contribution >= 4 is 17.5 Å². The number of hydrogen-bond acceptors (Lipinski definition) is 2. The van der Waals surface area contributed by atoms with Crippen LogP contribution < -0.4 is 10.6 Å². The molecule has 0 unspecified atom stereocenters. The van der Waals surface area contributed by atoms with Gasteiger partial charge in [-0.3, -0.25) is 9.59 Å². The second-order valence-electron chi connectivity index (χ2n) is 6.38. The first-order valence-electron chi connectivity index (χ1n) is 8.51. The van der Waals surface area contributed by atoms with Crippen LogP contribution in [0.15, 0.2) is 66.7 Å². The van der Waals surface area contributed by atoms with Crippen molar-refractivity contribution in [1.82, 2.24) is 5.32 Å². The van der Waals surface area contributed by atoms with Crippen molar-refractivity contribution in [3.63, 3.8) is 0 Å². The van der Waals surface area contributed by atoms with E-state index in [1.54, 1.807) is 18.2 Å². The number of aryl methyl sites for hydroxylation is 1. The zero-order valence-electron chi connectivity index (χ0n) is 14.4. The number of nitrogens with one attached hydrogen (secondary N) is 2. The molecule has 0 saturated carbocycles. The third kappa shape index (κ3) is 2.86. The van der Waals surface area contributed by atoms with Gasteiger partial charge in [0.05, 0.1) is 11.3 Å². The van der Waals surface area contributed by atoms with Crippen LogP contribution in [0.5, 0.6) is 0 Å². The lowest BCUT2D eigenvalue weighted by atomic mass is 9.95. The van der Waals surface area contributed by atoms with E-state index in [-0.39, 0.29) is 11.8 Å². The molecular weight excluding hydrogens is 324 g/mol. The number of amides is 2. The smallest absolute Gasteiger partial charge is 0.255 e. The lowest BCUT2D eigenvalue weighted by Gasteiger charge is -2.13. The summed E-state index contributed by atoms with van der Waals surface area (Å²) in [7, 11) is 0. The van der Waals surface area contributed by atoms with E-state index in [1.165, 1.54) is 0 Å². The molecule has 0 spiro atoms. The monoisotopic (exact) mass is 342 g/mol. The van der Waals surface area contributed by atoms with Crippen LogP contribution in [0.25, 0.3) is 11.1 Å². The summed E-state index contributed by atoms with van der Waals surface area (Å²) >= 11 is 0. The Bertz CT molecular complexity index is 993. The predicted molar refractivity (Wildman–Crippen MR) is 102 cm³/mol. The molecule has 0 fully saturated rings. The molecule has 0 bridgehead atoms. The van der Waals surface area contributed by atoms with E-state index in [0.717, 1.165) is 22.3 Å². The Morgan fingerprint density at radius 2 is 1.69 bits per heavy atom. The quantitative estimate of drug-likeness (QED) is 0.751. The van der Waals surface area contributed by atoms with Crippen molar-refractivity contribution in [1.29, 1.82) is 0 Å². The van der Waals surface area contributed by atoms with Gasteiger partial charge in [0.2, 0.25) is 0 Å². The molecule has 0 aliphatic carbocycles. The van der Waals surface area contributed by atoms with E-state index in [2.05, 4.69) is 10.6 Å². The summed E-state index contributed by atoms with van der Waals surface area (Å²) in [6.45, 7) is 2.44. The Labute approximate surface area is 151 Å². The topological polar surface area (TPSA) is 58.2 Å². The van der Waals surface area contributed by atoms with Crippen LogP contribution in [0, 0.1) is 6.92 Å². The molecule has 128 valence electrons.